The lowest BCUT2D eigenvalue weighted by molar-refractivity contribution is -0.137. The van der Waals surface area contributed by atoms with E-state index in [-0.39, 0.29) is 18.4 Å². The molecule has 0 saturated heterocycles. The van der Waals surface area contributed by atoms with E-state index in [1.54, 1.807) is 0 Å². The van der Waals surface area contributed by atoms with Gasteiger partial charge in [0.15, 0.2) is 0 Å². The first-order valence-electron chi connectivity index (χ1n) is 3.94. The van der Waals surface area contributed by atoms with E-state index in [9.17, 15) is 4.79 Å². The highest BCUT2D eigenvalue weighted by Crippen LogP contribution is 2.01. The van der Waals surface area contributed by atoms with Crippen LogP contribution in [0.25, 0.3) is 0 Å². The summed E-state index contributed by atoms with van der Waals surface area (Å²) in [6.45, 7) is 4.90. The second kappa shape index (κ2) is 7.54. The maximum atomic E-state index is 10.0. The molecule has 5 heteroatoms. The quantitative estimate of drug-likeness (QED) is 0.604. The van der Waals surface area contributed by atoms with Crippen LogP contribution in [0.1, 0.15) is 27.2 Å². The van der Waals surface area contributed by atoms with Crippen molar-refractivity contribution in [3.8, 4) is 0 Å². The van der Waals surface area contributed by atoms with Gasteiger partial charge in [0.05, 0.1) is 6.42 Å². The normalized spacial score (nSPS) is 11.5. The number of hydrogen-bond acceptors (Lipinski definition) is 3. The lowest BCUT2D eigenvalue weighted by atomic mass is 10.0. The van der Waals surface area contributed by atoms with Crippen molar-refractivity contribution in [3.63, 3.8) is 0 Å². The molecular weight excluding hydrogens is 174 g/mol. The summed E-state index contributed by atoms with van der Waals surface area (Å²) >= 11 is 0. The SMILES string of the molecule is CC(=O)O.CC(C)C(N)CC(=O)O. The number of carbonyl (C=O) groups is 2. The summed E-state index contributed by atoms with van der Waals surface area (Å²) in [4.78, 5) is 19.0. The average Bonchev–Trinajstić information content (AvgIpc) is 1.83. The minimum Gasteiger partial charge on any atom is -0.481 e. The summed E-state index contributed by atoms with van der Waals surface area (Å²) < 4.78 is 0. The molecule has 78 valence electrons. The smallest absolute Gasteiger partial charge is 0.304 e. The fraction of sp³-hybridized carbons (Fsp3) is 0.750. The Morgan fingerprint density at radius 3 is 1.69 bits per heavy atom. The van der Waals surface area contributed by atoms with Crippen molar-refractivity contribution in [2.45, 2.75) is 33.2 Å². The zero-order valence-electron chi connectivity index (χ0n) is 8.15. The topological polar surface area (TPSA) is 101 Å². The lowest BCUT2D eigenvalue weighted by Crippen LogP contribution is -2.28. The molecule has 0 heterocycles. The van der Waals surface area contributed by atoms with E-state index in [2.05, 4.69) is 0 Å². The second-order valence-electron chi connectivity index (χ2n) is 3.02. The van der Waals surface area contributed by atoms with E-state index in [1.165, 1.54) is 0 Å². The van der Waals surface area contributed by atoms with Crippen molar-refractivity contribution in [3.05, 3.63) is 0 Å². The fourth-order valence-corrected chi connectivity index (χ4v) is 0.437. The molecule has 0 fully saturated rings. The first-order chi connectivity index (χ1) is 5.77. The number of carboxylic acids is 2. The summed E-state index contributed by atoms with van der Waals surface area (Å²) in [6.07, 6.45) is 0.0671. The van der Waals surface area contributed by atoms with Gasteiger partial charge in [0, 0.05) is 13.0 Å². The minimum atomic E-state index is -0.833. The molecule has 1 unspecified atom stereocenters. The molecule has 13 heavy (non-hydrogen) atoms. The van der Waals surface area contributed by atoms with Crippen LogP contribution in [0.5, 0.6) is 0 Å². The molecule has 0 saturated carbocycles. The molecule has 0 spiro atoms. The van der Waals surface area contributed by atoms with Crippen LogP contribution in [0.3, 0.4) is 0 Å². The summed E-state index contributed by atoms with van der Waals surface area (Å²) in [5, 5.41) is 15.7. The van der Waals surface area contributed by atoms with Gasteiger partial charge in [0.25, 0.3) is 5.97 Å². The Kier molecular flexibility index (Phi) is 8.37. The summed E-state index contributed by atoms with van der Waals surface area (Å²) in [6, 6.07) is -0.206. The average molecular weight is 191 g/mol. The van der Waals surface area contributed by atoms with Crippen molar-refractivity contribution in [1.82, 2.24) is 0 Å². The fourth-order valence-electron chi connectivity index (χ4n) is 0.437. The second-order valence-corrected chi connectivity index (χ2v) is 3.02. The van der Waals surface area contributed by atoms with Crippen molar-refractivity contribution >= 4 is 11.9 Å². The predicted molar refractivity (Wildman–Crippen MR) is 48.4 cm³/mol. The van der Waals surface area contributed by atoms with Gasteiger partial charge in [-0.15, -0.1) is 0 Å². The number of nitrogens with two attached hydrogens (primary N) is 1. The van der Waals surface area contributed by atoms with Crippen molar-refractivity contribution in [1.29, 1.82) is 0 Å². The van der Waals surface area contributed by atoms with E-state index in [0.29, 0.717) is 0 Å². The van der Waals surface area contributed by atoms with E-state index in [4.69, 9.17) is 20.7 Å². The Morgan fingerprint density at radius 2 is 1.62 bits per heavy atom. The van der Waals surface area contributed by atoms with Crippen LogP contribution in [-0.4, -0.2) is 28.2 Å². The van der Waals surface area contributed by atoms with E-state index in [0.717, 1.165) is 6.92 Å². The molecule has 0 aromatic carbocycles. The molecule has 0 aliphatic rings. The lowest BCUT2D eigenvalue weighted by Gasteiger charge is -2.11. The molecule has 1 atom stereocenters. The third kappa shape index (κ3) is 18.1. The first kappa shape index (κ1) is 14.4. The maximum absolute atomic E-state index is 10.0. The standard InChI is InChI=1S/C6H13NO2.C2H4O2/c1-4(2)5(7)3-6(8)9;1-2(3)4/h4-5H,3,7H2,1-2H3,(H,8,9);1H3,(H,3,4). The summed E-state index contributed by atoms with van der Waals surface area (Å²) in [5.41, 5.74) is 5.44. The molecule has 0 amide bonds. The highest BCUT2D eigenvalue weighted by Gasteiger charge is 2.10. The Balaban J connectivity index is 0. The minimum absolute atomic E-state index is 0.0671. The molecule has 4 N–H and O–H groups in total. The molecule has 0 aromatic heterocycles. The molecular formula is C8H17NO4. The molecule has 5 nitrogen and oxygen atoms in total. The molecule has 0 radical (unpaired) electrons. The van der Waals surface area contributed by atoms with Gasteiger partial charge in [-0.2, -0.15) is 0 Å². The van der Waals surface area contributed by atoms with Gasteiger partial charge in [0.2, 0.25) is 0 Å². The number of rotatable bonds is 3. The Hall–Kier alpha value is -1.10. The van der Waals surface area contributed by atoms with Gasteiger partial charge >= 0.3 is 5.97 Å². The summed E-state index contributed by atoms with van der Waals surface area (Å²) in [5.74, 6) is -1.41. The monoisotopic (exact) mass is 191 g/mol. The number of hydrogen-bond donors (Lipinski definition) is 3. The van der Waals surface area contributed by atoms with Gasteiger partial charge < -0.3 is 15.9 Å². The van der Waals surface area contributed by atoms with Gasteiger partial charge in [-0.3, -0.25) is 9.59 Å². The van der Waals surface area contributed by atoms with Gasteiger partial charge in [-0.25, -0.2) is 0 Å². The Bertz CT molecular complexity index is 164. The van der Waals surface area contributed by atoms with Crippen LogP contribution in [-0.2, 0) is 9.59 Å². The van der Waals surface area contributed by atoms with Crippen molar-refractivity contribution in [2.75, 3.05) is 0 Å². The highest BCUT2D eigenvalue weighted by atomic mass is 16.4. The van der Waals surface area contributed by atoms with E-state index < -0.39 is 11.9 Å². The molecule has 0 rings (SSSR count). The van der Waals surface area contributed by atoms with Crippen LogP contribution in [0.15, 0.2) is 0 Å². The van der Waals surface area contributed by atoms with Crippen LogP contribution >= 0.6 is 0 Å². The zero-order chi connectivity index (χ0) is 11.0. The number of aliphatic carboxylic acids is 2. The Morgan fingerprint density at radius 1 is 1.31 bits per heavy atom. The molecule has 0 aliphatic carbocycles. The van der Waals surface area contributed by atoms with E-state index in [1.807, 2.05) is 13.8 Å². The van der Waals surface area contributed by atoms with Crippen molar-refractivity contribution in [2.24, 2.45) is 11.7 Å². The molecule has 0 aliphatic heterocycles. The predicted octanol–water partition coefficient (Wildman–Crippen LogP) is 0.535. The van der Waals surface area contributed by atoms with Crippen LogP contribution in [0.4, 0.5) is 0 Å². The van der Waals surface area contributed by atoms with E-state index >= 15 is 0 Å². The van der Waals surface area contributed by atoms with Crippen LogP contribution < -0.4 is 5.73 Å². The molecule has 0 bridgehead atoms. The Labute approximate surface area is 77.6 Å². The third-order valence-corrected chi connectivity index (χ3v) is 1.27. The van der Waals surface area contributed by atoms with Gasteiger partial charge in [0.1, 0.15) is 0 Å². The largest absolute Gasteiger partial charge is 0.481 e. The zero-order valence-corrected chi connectivity index (χ0v) is 8.15. The van der Waals surface area contributed by atoms with Crippen LogP contribution in [0, 0.1) is 5.92 Å². The van der Waals surface area contributed by atoms with Crippen LogP contribution in [0.2, 0.25) is 0 Å². The number of carboxylic acid groups (broad SMARTS) is 2. The van der Waals surface area contributed by atoms with Gasteiger partial charge in [-0.1, -0.05) is 13.8 Å². The summed E-state index contributed by atoms with van der Waals surface area (Å²) in [7, 11) is 0. The van der Waals surface area contributed by atoms with Crippen molar-refractivity contribution < 1.29 is 19.8 Å². The maximum Gasteiger partial charge on any atom is 0.304 e. The first-order valence-corrected chi connectivity index (χ1v) is 3.94. The third-order valence-electron chi connectivity index (χ3n) is 1.27. The molecule has 0 aromatic rings. The highest BCUT2D eigenvalue weighted by molar-refractivity contribution is 5.67. The van der Waals surface area contributed by atoms with Gasteiger partial charge in [-0.05, 0) is 5.92 Å².